The van der Waals surface area contributed by atoms with Crippen molar-refractivity contribution in [2.75, 3.05) is 48.9 Å². The molecule has 1 fully saturated rings. The first kappa shape index (κ1) is 20.0. The third-order valence-corrected chi connectivity index (χ3v) is 5.48. The van der Waals surface area contributed by atoms with E-state index in [1.54, 1.807) is 0 Å². The summed E-state index contributed by atoms with van der Waals surface area (Å²) in [5, 5.41) is 10.3. The highest BCUT2D eigenvalue weighted by molar-refractivity contribution is 6.05. The molecule has 32 heavy (non-hydrogen) atoms. The number of anilines is 4. The summed E-state index contributed by atoms with van der Waals surface area (Å²) < 4.78 is 5.43. The number of fused-ring (bicyclic) bond motifs is 1. The molecule has 2 aliphatic rings. The summed E-state index contributed by atoms with van der Waals surface area (Å²) in [6.45, 7) is 3.24. The number of hydrogen-bond acceptors (Lipinski definition) is 7. The van der Waals surface area contributed by atoms with E-state index in [0.29, 0.717) is 22.8 Å². The molecule has 5 rings (SSSR count). The fourth-order valence-electron chi connectivity index (χ4n) is 3.82. The quantitative estimate of drug-likeness (QED) is 0.644. The Bertz CT molecular complexity index is 1170. The number of nitrogens with one attached hydrogen (secondary N) is 2. The molecule has 1 saturated heterocycles. The number of benzene rings is 1. The molecule has 1 amide bonds. The predicted octanol–water partition coefficient (Wildman–Crippen LogP) is 3.49. The van der Waals surface area contributed by atoms with Gasteiger partial charge in [0.1, 0.15) is 11.6 Å². The number of morpholine rings is 1. The van der Waals surface area contributed by atoms with Crippen molar-refractivity contribution in [3.63, 3.8) is 0 Å². The normalized spacial score (nSPS) is 15.2. The second-order valence-electron chi connectivity index (χ2n) is 7.50. The number of hydrogen-bond donors (Lipinski definition) is 2. The molecular formula is C24H23N6O2. The first-order valence-electron chi connectivity index (χ1n) is 10.5. The molecule has 3 aromatic rings. The van der Waals surface area contributed by atoms with Gasteiger partial charge in [0.05, 0.1) is 30.2 Å². The summed E-state index contributed by atoms with van der Waals surface area (Å²) in [6, 6.07) is 15.7. The van der Waals surface area contributed by atoms with Gasteiger partial charge < -0.3 is 20.3 Å². The minimum Gasteiger partial charge on any atom is -0.378 e. The number of nitrogens with zero attached hydrogens (tertiary/aromatic N) is 4. The maximum Gasteiger partial charge on any atom is 0.281 e. The van der Waals surface area contributed by atoms with Gasteiger partial charge in [-0.1, -0.05) is 6.07 Å². The summed E-state index contributed by atoms with van der Waals surface area (Å²) in [5.74, 6) is 0.897. The summed E-state index contributed by atoms with van der Waals surface area (Å²) >= 11 is 0. The van der Waals surface area contributed by atoms with Gasteiger partial charge in [-0.2, -0.15) is 0 Å². The molecule has 0 atom stereocenters. The maximum atomic E-state index is 12.6. The van der Waals surface area contributed by atoms with Crippen molar-refractivity contribution in [3.05, 3.63) is 65.9 Å². The van der Waals surface area contributed by atoms with Gasteiger partial charge in [-0.3, -0.25) is 4.79 Å². The molecule has 8 heteroatoms. The van der Waals surface area contributed by atoms with Gasteiger partial charge >= 0.3 is 0 Å². The first-order valence-corrected chi connectivity index (χ1v) is 10.5. The number of aromatic nitrogens is 2. The van der Waals surface area contributed by atoms with Crippen LogP contribution in [0.3, 0.4) is 0 Å². The van der Waals surface area contributed by atoms with E-state index in [1.807, 2.05) is 49.5 Å². The van der Waals surface area contributed by atoms with E-state index in [4.69, 9.17) is 9.72 Å². The van der Waals surface area contributed by atoms with Crippen molar-refractivity contribution >= 4 is 35.0 Å². The Balaban J connectivity index is 1.49. The molecular weight excluding hydrogens is 404 g/mol. The number of rotatable bonds is 5. The van der Waals surface area contributed by atoms with E-state index in [9.17, 15) is 4.79 Å². The lowest BCUT2D eigenvalue weighted by Gasteiger charge is -2.29. The van der Waals surface area contributed by atoms with Gasteiger partial charge in [0.15, 0.2) is 0 Å². The van der Waals surface area contributed by atoms with Gasteiger partial charge in [-0.25, -0.2) is 15.3 Å². The van der Waals surface area contributed by atoms with E-state index in [0.717, 1.165) is 49.1 Å². The third kappa shape index (κ3) is 4.00. The highest BCUT2D eigenvalue weighted by Crippen LogP contribution is 2.31. The van der Waals surface area contributed by atoms with Crippen molar-refractivity contribution in [1.29, 1.82) is 0 Å². The lowest BCUT2D eigenvalue weighted by Crippen LogP contribution is -2.36. The van der Waals surface area contributed by atoms with Crippen molar-refractivity contribution in [1.82, 2.24) is 15.3 Å². The summed E-state index contributed by atoms with van der Waals surface area (Å²) in [7, 11) is 1.82. The van der Waals surface area contributed by atoms with E-state index in [2.05, 4.69) is 38.0 Å². The maximum absolute atomic E-state index is 12.6. The topological polar surface area (TPSA) is 93.5 Å². The van der Waals surface area contributed by atoms with Crippen molar-refractivity contribution in [2.45, 2.75) is 0 Å². The van der Waals surface area contributed by atoms with Gasteiger partial charge in [-0.15, -0.1) is 0 Å². The van der Waals surface area contributed by atoms with Gasteiger partial charge in [0.25, 0.3) is 5.91 Å². The number of amides is 1. The van der Waals surface area contributed by atoms with Crippen molar-refractivity contribution in [2.24, 2.45) is 0 Å². The molecule has 2 N–H and O–H groups in total. The van der Waals surface area contributed by atoms with Crippen LogP contribution in [0.15, 0.2) is 54.7 Å². The van der Waals surface area contributed by atoms with Crippen LogP contribution in [-0.4, -0.2) is 49.2 Å². The average molecular weight is 427 g/mol. The molecule has 0 bridgehead atoms. The standard InChI is InChI=1S/C24H23N6O2/c1-25-21-4-2-3-19(28-21)20-15-16-9-10-26-24(31)22(16)23(29-20)27-17-5-7-18(8-6-17)30-11-13-32-14-12-30/h2-10,15H,11-14H2,1H3,(H,25,28)(H,27,29). The zero-order valence-corrected chi connectivity index (χ0v) is 17.7. The summed E-state index contributed by atoms with van der Waals surface area (Å²) in [4.78, 5) is 24.2. The van der Waals surface area contributed by atoms with Crippen LogP contribution in [0.5, 0.6) is 0 Å². The van der Waals surface area contributed by atoms with Crippen LogP contribution in [-0.2, 0) is 4.74 Å². The van der Waals surface area contributed by atoms with E-state index < -0.39 is 0 Å². The largest absolute Gasteiger partial charge is 0.378 e. The number of pyridine rings is 2. The average Bonchev–Trinajstić information content (AvgIpc) is 2.85. The zero-order chi connectivity index (χ0) is 21.9. The fourth-order valence-corrected chi connectivity index (χ4v) is 3.82. The van der Waals surface area contributed by atoms with Crippen LogP contribution in [0.2, 0.25) is 0 Å². The van der Waals surface area contributed by atoms with Crippen LogP contribution in [0, 0.1) is 0 Å². The summed E-state index contributed by atoms with van der Waals surface area (Å²) in [5.41, 5.74) is 4.59. The molecule has 2 aromatic heterocycles. The SMILES string of the molecule is CNc1cccc(-c2cc3c(c(Nc4ccc(N5CCOCC5)cc4)n2)C(=O)[N]C=C3)n1. The Hall–Kier alpha value is -3.91. The Morgan fingerprint density at radius 1 is 1.00 bits per heavy atom. The Morgan fingerprint density at radius 2 is 1.81 bits per heavy atom. The molecule has 161 valence electrons. The predicted molar refractivity (Wildman–Crippen MR) is 125 cm³/mol. The highest BCUT2D eigenvalue weighted by Gasteiger charge is 2.22. The lowest BCUT2D eigenvalue weighted by molar-refractivity contribution is 0.0965. The van der Waals surface area contributed by atoms with Crippen LogP contribution < -0.4 is 20.9 Å². The van der Waals surface area contributed by atoms with E-state index in [1.165, 1.54) is 6.20 Å². The second-order valence-corrected chi connectivity index (χ2v) is 7.50. The monoisotopic (exact) mass is 427 g/mol. The van der Waals surface area contributed by atoms with Crippen molar-refractivity contribution < 1.29 is 9.53 Å². The first-order chi connectivity index (χ1) is 15.7. The minimum absolute atomic E-state index is 0.314. The van der Waals surface area contributed by atoms with E-state index in [-0.39, 0.29) is 5.91 Å². The van der Waals surface area contributed by atoms with Gasteiger partial charge in [0, 0.05) is 37.7 Å². The minimum atomic E-state index is -0.314. The number of carbonyl (C=O) groups excluding carboxylic acids is 1. The van der Waals surface area contributed by atoms with Gasteiger partial charge in [-0.05, 0) is 54.1 Å². The number of carbonyl (C=O) groups is 1. The molecule has 0 spiro atoms. The summed E-state index contributed by atoms with van der Waals surface area (Å²) in [6.07, 6.45) is 3.34. The van der Waals surface area contributed by atoms with Crippen LogP contribution >= 0.6 is 0 Å². The Kier molecular flexibility index (Phi) is 5.43. The van der Waals surface area contributed by atoms with Crippen LogP contribution in [0.25, 0.3) is 17.5 Å². The molecule has 2 aliphatic heterocycles. The molecule has 1 aromatic carbocycles. The second kappa shape index (κ2) is 8.68. The fraction of sp³-hybridized carbons (Fsp3) is 0.208. The Labute approximate surface area is 186 Å². The van der Waals surface area contributed by atoms with Crippen molar-refractivity contribution in [3.8, 4) is 11.4 Å². The zero-order valence-electron chi connectivity index (χ0n) is 17.7. The molecule has 0 unspecified atom stereocenters. The number of ether oxygens (including phenoxy) is 1. The molecule has 1 radical (unpaired) electrons. The van der Waals surface area contributed by atoms with Crippen LogP contribution in [0.4, 0.5) is 23.0 Å². The lowest BCUT2D eigenvalue weighted by atomic mass is 10.0. The molecule has 4 heterocycles. The van der Waals surface area contributed by atoms with E-state index >= 15 is 0 Å². The molecule has 0 aliphatic carbocycles. The van der Waals surface area contributed by atoms with Gasteiger partial charge in [0.2, 0.25) is 0 Å². The molecule has 8 nitrogen and oxygen atoms in total. The van der Waals surface area contributed by atoms with Crippen LogP contribution in [0.1, 0.15) is 15.9 Å². The smallest absolute Gasteiger partial charge is 0.281 e. The highest BCUT2D eigenvalue weighted by atomic mass is 16.5. The Morgan fingerprint density at radius 3 is 2.59 bits per heavy atom. The third-order valence-electron chi connectivity index (χ3n) is 5.48. The molecule has 0 saturated carbocycles.